The summed E-state index contributed by atoms with van der Waals surface area (Å²) < 4.78 is 5.44. The lowest BCUT2D eigenvalue weighted by molar-refractivity contribution is -0.130. The molecule has 2 aromatic carbocycles. The summed E-state index contributed by atoms with van der Waals surface area (Å²) in [5.74, 6) is 0.539. The number of amides is 1. The van der Waals surface area contributed by atoms with E-state index < -0.39 is 0 Å². The van der Waals surface area contributed by atoms with Crippen LogP contribution in [0.3, 0.4) is 0 Å². The number of hydrogen-bond acceptors (Lipinski definition) is 4. The first-order valence-corrected chi connectivity index (χ1v) is 8.31. The maximum Gasteiger partial charge on any atom is 0.259 e. The number of hydrogen-bond donors (Lipinski definition) is 1. The molecule has 0 heterocycles. The Hall–Kier alpha value is -2.24. The van der Waals surface area contributed by atoms with Crippen molar-refractivity contribution in [2.75, 3.05) is 26.1 Å². The van der Waals surface area contributed by atoms with E-state index in [-0.39, 0.29) is 12.5 Å². The van der Waals surface area contributed by atoms with Crippen LogP contribution in [0.5, 0.6) is 5.75 Å². The largest absolute Gasteiger partial charge is 0.484 e. The van der Waals surface area contributed by atoms with E-state index in [9.17, 15) is 4.79 Å². The summed E-state index contributed by atoms with van der Waals surface area (Å²) in [5, 5.41) is 5.29. The lowest BCUT2D eigenvalue weighted by atomic mass is 10.1. The third kappa shape index (κ3) is 5.66. The van der Waals surface area contributed by atoms with Crippen LogP contribution in [0.2, 0.25) is 10.0 Å². The second kappa shape index (κ2) is 8.74. The number of carbonyl (C=O) groups excluding carboxylic acids is 1. The Morgan fingerprint density at radius 1 is 1.12 bits per heavy atom. The van der Waals surface area contributed by atoms with Crippen molar-refractivity contribution in [3.8, 4) is 5.75 Å². The average molecular weight is 380 g/mol. The number of nitrogens with one attached hydrogen (secondary N) is 1. The Bertz CT molecular complexity index is 774. The van der Waals surface area contributed by atoms with Gasteiger partial charge in [0.2, 0.25) is 0 Å². The van der Waals surface area contributed by atoms with Gasteiger partial charge in [0.15, 0.2) is 6.61 Å². The van der Waals surface area contributed by atoms with Crippen LogP contribution < -0.4 is 10.2 Å². The monoisotopic (exact) mass is 379 g/mol. The summed E-state index contributed by atoms with van der Waals surface area (Å²) in [7, 11) is 3.38. The fourth-order valence-corrected chi connectivity index (χ4v) is 2.14. The van der Waals surface area contributed by atoms with Gasteiger partial charge in [-0.05, 0) is 55.0 Å². The summed E-state index contributed by atoms with van der Waals surface area (Å²) >= 11 is 11.9. The van der Waals surface area contributed by atoms with Crippen molar-refractivity contribution in [2.45, 2.75) is 6.92 Å². The third-order valence-electron chi connectivity index (χ3n) is 3.41. The van der Waals surface area contributed by atoms with Gasteiger partial charge in [-0.25, -0.2) is 0 Å². The zero-order valence-corrected chi connectivity index (χ0v) is 15.7. The molecule has 0 unspecified atom stereocenters. The molecule has 0 saturated carbocycles. The van der Waals surface area contributed by atoms with Crippen molar-refractivity contribution in [3.05, 3.63) is 58.1 Å². The molecule has 5 nitrogen and oxygen atoms in total. The maximum atomic E-state index is 11.5. The van der Waals surface area contributed by atoms with Gasteiger partial charge in [0.1, 0.15) is 5.75 Å². The van der Waals surface area contributed by atoms with E-state index in [0.717, 1.165) is 17.0 Å². The molecule has 0 saturated heterocycles. The zero-order chi connectivity index (χ0) is 18.4. The normalized spacial score (nSPS) is 11.2. The van der Waals surface area contributed by atoms with Crippen molar-refractivity contribution < 1.29 is 9.53 Å². The summed E-state index contributed by atoms with van der Waals surface area (Å²) in [5.41, 5.74) is 5.41. The van der Waals surface area contributed by atoms with Gasteiger partial charge in [0.05, 0.1) is 21.4 Å². The van der Waals surface area contributed by atoms with Gasteiger partial charge < -0.3 is 9.64 Å². The summed E-state index contributed by atoms with van der Waals surface area (Å²) in [6, 6.07) is 12.6. The number of halogens is 2. The lowest BCUT2D eigenvalue weighted by Crippen LogP contribution is -2.27. The van der Waals surface area contributed by atoms with Gasteiger partial charge in [0, 0.05) is 14.1 Å². The van der Waals surface area contributed by atoms with E-state index in [1.807, 2.05) is 19.1 Å². The molecular formula is C18H19Cl2N3O2. The SMILES string of the molecule is C/C(=N\Nc1ccc(Cl)c(Cl)c1)c1ccc(OCC(=O)N(C)C)cc1. The summed E-state index contributed by atoms with van der Waals surface area (Å²) in [6.45, 7) is 1.90. The Labute approximate surface area is 157 Å². The molecule has 0 aliphatic rings. The number of likely N-dealkylation sites (N-methyl/N-ethyl adjacent to an activating group) is 1. The highest BCUT2D eigenvalue weighted by atomic mass is 35.5. The van der Waals surface area contributed by atoms with Crippen LogP contribution in [0.25, 0.3) is 0 Å². The molecule has 132 valence electrons. The molecule has 0 bridgehead atoms. The minimum absolute atomic E-state index is 0.0122. The molecule has 0 aliphatic carbocycles. The van der Waals surface area contributed by atoms with Crippen LogP contribution in [0.1, 0.15) is 12.5 Å². The van der Waals surface area contributed by atoms with E-state index in [2.05, 4.69) is 10.5 Å². The van der Waals surface area contributed by atoms with Crippen molar-refractivity contribution in [1.82, 2.24) is 4.90 Å². The number of nitrogens with zero attached hydrogens (tertiary/aromatic N) is 2. The van der Waals surface area contributed by atoms with E-state index >= 15 is 0 Å². The molecule has 2 rings (SSSR count). The van der Waals surface area contributed by atoms with E-state index in [0.29, 0.717) is 15.8 Å². The smallest absolute Gasteiger partial charge is 0.259 e. The molecule has 1 amide bonds. The van der Waals surface area contributed by atoms with Gasteiger partial charge in [-0.2, -0.15) is 5.10 Å². The Kier molecular flexibility index (Phi) is 6.67. The number of ether oxygens (including phenoxy) is 1. The Morgan fingerprint density at radius 3 is 2.40 bits per heavy atom. The van der Waals surface area contributed by atoms with E-state index in [1.54, 1.807) is 44.4 Å². The van der Waals surface area contributed by atoms with Crippen molar-refractivity contribution in [1.29, 1.82) is 0 Å². The van der Waals surface area contributed by atoms with Crippen LogP contribution in [0, 0.1) is 0 Å². The van der Waals surface area contributed by atoms with Crippen LogP contribution in [-0.4, -0.2) is 37.2 Å². The molecule has 0 radical (unpaired) electrons. The molecule has 0 fully saturated rings. The molecule has 0 aliphatic heterocycles. The first kappa shape index (κ1) is 19.1. The molecule has 1 N–H and O–H groups in total. The van der Waals surface area contributed by atoms with Crippen molar-refractivity contribution >= 4 is 40.5 Å². The van der Waals surface area contributed by atoms with Gasteiger partial charge >= 0.3 is 0 Å². The Balaban J connectivity index is 1.98. The molecule has 25 heavy (non-hydrogen) atoms. The average Bonchev–Trinajstić information content (AvgIpc) is 2.60. The van der Waals surface area contributed by atoms with Crippen LogP contribution in [0.4, 0.5) is 5.69 Å². The lowest BCUT2D eigenvalue weighted by Gasteiger charge is -2.11. The van der Waals surface area contributed by atoms with Crippen molar-refractivity contribution in [2.24, 2.45) is 5.10 Å². The van der Waals surface area contributed by atoms with Crippen LogP contribution in [0.15, 0.2) is 47.6 Å². The second-order valence-electron chi connectivity index (χ2n) is 5.54. The standard InChI is InChI=1S/C18H19Cl2N3O2/c1-12(21-22-14-6-9-16(19)17(20)10-14)13-4-7-15(8-5-13)25-11-18(24)23(2)3/h4-10,22H,11H2,1-3H3/b21-12+. The van der Waals surface area contributed by atoms with E-state index in [4.69, 9.17) is 27.9 Å². The predicted molar refractivity (Wildman–Crippen MR) is 103 cm³/mol. The van der Waals surface area contributed by atoms with Gasteiger partial charge in [-0.1, -0.05) is 23.2 Å². The summed E-state index contributed by atoms with van der Waals surface area (Å²) in [4.78, 5) is 13.0. The first-order valence-electron chi connectivity index (χ1n) is 7.55. The Morgan fingerprint density at radius 2 is 1.80 bits per heavy atom. The minimum atomic E-state index is -0.0901. The molecular weight excluding hydrogens is 361 g/mol. The molecule has 0 atom stereocenters. The number of anilines is 1. The zero-order valence-electron chi connectivity index (χ0n) is 14.2. The molecule has 2 aromatic rings. The minimum Gasteiger partial charge on any atom is -0.484 e. The van der Waals surface area contributed by atoms with Crippen molar-refractivity contribution in [3.63, 3.8) is 0 Å². The van der Waals surface area contributed by atoms with Gasteiger partial charge in [0.25, 0.3) is 5.91 Å². The second-order valence-corrected chi connectivity index (χ2v) is 6.35. The fraction of sp³-hybridized carbons (Fsp3) is 0.222. The quantitative estimate of drug-likeness (QED) is 0.601. The fourth-order valence-electron chi connectivity index (χ4n) is 1.85. The third-order valence-corrected chi connectivity index (χ3v) is 4.14. The first-order chi connectivity index (χ1) is 11.9. The predicted octanol–water partition coefficient (Wildman–Crippen LogP) is 4.30. The molecule has 0 spiro atoms. The number of rotatable bonds is 6. The molecule has 0 aromatic heterocycles. The highest BCUT2D eigenvalue weighted by molar-refractivity contribution is 6.42. The molecule has 7 heteroatoms. The highest BCUT2D eigenvalue weighted by Crippen LogP contribution is 2.25. The number of carbonyl (C=O) groups is 1. The maximum absolute atomic E-state index is 11.5. The topological polar surface area (TPSA) is 53.9 Å². The number of hydrazone groups is 1. The highest BCUT2D eigenvalue weighted by Gasteiger charge is 2.05. The van der Waals surface area contributed by atoms with Crippen LogP contribution in [-0.2, 0) is 4.79 Å². The van der Waals surface area contributed by atoms with E-state index in [1.165, 1.54) is 4.90 Å². The van der Waals surface area contributed by atoms with Crippen LogP contribution >= 0.6 is 23.2 Å². The summed E-state index contributed by atoms with van der Waals surface area (Å²) in [6.07, 6.45) is 0. The number of benzene rings is 2. The van der Waals surface area contributed by atoms with Gasteiger partial charge in [-0.15, -0.1) is 0 Å². The van der Waals surface area contributed by atoms with Gasteiger partial charge in [-0.3, -0.25) is 10.2 Å².